The van der Waals surface area contributed by atoms with Gasteiger partial charge in [0.2, 0.25) is 0 Å². The third-order valence-corrected chi connectivity index (χ3v) is 6.11. The van der Waals surface area contributed by atoms with Gasteiger partial charge >= 0.3 is 11.9 Å². The molecule has 6 nitrogen and oxygen atoms in total. The van der Waals surface area contributed by atoms with Crippen molar-refractivity contribution in [1.82, 2.24) is 0 Å². The molecule has 0 aliphatic heterocycles. The molecule has 1 aliphatic carbocycles. The third-order valence-electron chi connectivity index (χ3n) is 6.11. The number of nitriles is 1. The van der Waals surface area contributed by atoms with Gasteiger partial charge in [0.1, 0.15) is 0 Å². The van der Waals surface area contributed by atoms with Crippen LogP contribution in [0.3, 0.4) is 0 Å². The van der Waals surface area contributed by atoms with Crippen molar-refractivity contribution in [2.75, 3.05) is 0 Å². The smallest absolute Gasteiger partial charge is 0.335 e. The van der Waals surface area contributed by atoms with Gasteiger partial charge in [0.15, 0.2) is 5.78 Å². The van der Waals surface area contributed by atoms with E-state index in [0.717, 1.165) is 5.56 Å². The van der Waals surface area contributed by atoms with E-state index in [4.69, 9.17) is 10.2 Å². The fourth-order valence-electron chi connectivity index (χ4n) is 4.26. The predicted octanol–water partition coefficient (Wildman–Crippen LogP) is 5.37. The summed E-state index contributed by atoms with van der Waals surface area (Å²) < 4.78 is 0. The van der Waals surface area contributed by atoms with Gasteiger partial charge in [0.05, 0.1) is 22.6 Å². The van der Waals surface area contributed by atoms with Crippen molar-refractivity contribution in [1.29, 1.82) is 5.26 Å². The Morgan fingerprint density at radius 2 is 1.17 bits per heavy atom. The van der Waals surface area contributed by atoms with Crippen LogP contribution in [-0.2, 0) is 10.2 Å². The SMILES string of the molecule is N#CC1(c2ccccc2)CC(=Cc2ccc(C(=O)O)cc2)C(=O)C(=Cc2ccc(C(=O)O)cc2)C1. The molecule has 172 valence electrons. The number of aromatic carboxylic acids is 2. The quantitative estimate of drug-likeness (QED) is 0.491. The Labute approximate surface area is 202 Å². The number of Topliss-reactive ketones (excluding diaryl/α,β-unsaturated/α-hetero) is 1. The van der Waals surface area contributed by atoms with Crippen LogP contribution in [0.1, 0.15) is 50.2 Å². The summed E-state index contributed by atoms with van der Waals surface area (Å²) in [6.07, 6.45) is 3.82. The van der Waals surface area contributed by atoms with Gasteiger partial charge in [-0.25, -0.2) is 9.59 Å². The van der Waals surface area contributed by atoms with Crippen molar-refractivity contribution in [2.24, 2.45) is 0 Å². The lowest BCUT2D eigenvalue weighted by Crippen LogP contribution is -2.33. The Hall–Kier alpha value is -4.76. The fraction of sp³-hybridized carbons (Fsp3) is 0.103. The average Bonchev–Trinajstić information content (AvgIpc) is 2.87. The highest BCUT2D eigenvalue weighted by Gasteiger charge is 2.41. The topological polar surface area (TPSA) is 115 Å². The van der Waals surface area contributed by atoms with Crippen molar-refractivity contribution in [3.05, 3.63) is 118 Å². The zero-order valence-corrected chi connectivity index (χ0v) is 18.6. The summed E-state index contributed by atoms with van der Waals surface area (Å²) in [5, 5.41) is 28.6. The number of carbonyl (C=O) groups excluding carboxylic acids is 1. The van der Waals surface area contributed by atoms with Crippen LogP contribution >= 0.6 is 0 Å². The number of rotatable bonds is 5. The number of carboxylic acids is 2. The minimum Gasteiger partial charge on any atom is -0.478 e. The zero-order chi connectivity index (χ0) is 25.0. The molecule has 0 aromatic heterocycles. The number of nitrogens with zero attached hydrogens (tertiary/aromatic N) is 1. The van der Waals surface area contributed by atoms with E-state index in [2.05, 4.69) is 6.07 Å². The largest absolute Gasteiger partial charge is 0.478 e. The Bertz CT molecular complexity index is 1310. The average molecular weight is 463 g/mol. The molecule has 2 N–H and O–H groups in total. The van der Waals surface area contributed by atoms with E-state index >= 15 is 0 Å². The molecule has 0 heterocycles. The van der Waals surface area contributed by atoms with E-state index < -0.39 is 17.4 Å². The van der Waals surface area contributed by atoms with Gasteiger partial charge in [0.25, 0.3) is 0 Å². The molecule has 3 aromatic rings. The summed E-state index contributed by atoms with van der Waals surface area (Å²) in [6, 6.07) is 24.2. The molecule has 0 amide bonds. The van der Waals surface area contributed by atoms with Crippen molar-refractivity contribution in [2.45, 2.75) is 18.3 Å². The summed E-state index contributed by atoms with van der Waals surface area (Å²) in [4.78, 5) is 35.8. The van der Waals surface area contributed by atoms with E-state index in [-0.39, 0.29) is 29.8 Å². The second-order valence-corrected chi connectivity index (χ2v) is 8.44. The molecule has 0 bridgehead atoms. The van der Waals surface area contributed by atoms with Crippen LogP contribution in [0.2, 0.25) is 0 Å². The van der Waals surface area contributed by atoms with Gasteiger partial charge in [0, 0.05) is 11.1 Å². The van der Waals surface area contributed by atoms with E-state index in [1.165, 1.54) is 24.3 Å². The van der Waals surface area contributed by atoms with E-state index in [9.17, 15) is 19.6 Å². The van der Waals surface area contributed by atoms with Crippen molar-refractivity contribution in [3.63, 3.8) is 0 Å². The van der Waals surface area contributed by atoms with Gasteiger partial charge in [-0.3, -0.25) is 4.79 Å². The first-order valence-electron chi connectivity index (χ1n) is 10.9. The molecule has 1 saturated carbocycles. The number of carboxylic acid groups (broad SMARTS) is 2. The van der Waals surface area contributed by atoms with Gasteiger partial charge < -0.3 is 10.2 Å². The summed E-state index contributed by atoms with van der Waals surface area (Å²) in [7, 11) is 0. The highest BCUT2D eigenvalue weighted by atomic mass is 16.4. The minimum absolute atomic E-state index is 0.142. The van der Waals surface area contributed by atoms with E-state index in [0.29, 0.717) is 22.3 Å². The standard InChI is InChI=1S/C29H21NO5/c30-18-29(25-4-2-1-3-5-25)16-23(14-19-6-10-21(11-7-19)27(32)33)26(31)24(17-29)15-20-8-12-22(13-9-20)28(34)35/h1-15H,16-17H2,(H,32,33)(H,34,35). The molecule has 0 saturated heterocycles. The molecular weight excluding hydrogens is 442 g/mol. The third kappa shape index (κ3) is 4.94. The van der Waals surface area contributed by atoms with Gasteiger partial charge in [-0.2, -0.15) is 5.26 Å². The van der Waals surface area contributed by atoms with Crippen LogP contribution in [0.5, 0.6) is 0 Å². The Balaban J connectivity index is 1.80. The Morgan fingerprint density at radius 3 is 1.54 bits per heavy atom. The number of hydrogen-bond donors (Lipinski definition) is 2. The van der Waals surface area contributed by atoms with E-state index in [1.807, 2.05) is 30.3 Å². The number of allylic oxidation sites excluding steroid dienone is 2. The molecule has 1 aliphatic rings. The van der Waals surface area contributed by atoms with Crippen LogP contribution in [0.4, 0.5) is 0 Å². The Kier molecular flexibility index (Phi) is 6.43. The lowest BCUT2D eigenvalue weighted by Gasteiger charge is -2.33. The molecule has 0 spiro atoms. The van der Waals surface area contributed by atoms with Gasteiger partial charge in [-0.05, 0) is 65.9 Å². The van der Waals surface area contributed by atoms with Crippen LogP contribution in [0, 0.1) is 11.3 Å². The fourth-order valence-corrected chi connectivity index (χ4v) is 4.26. The molecule has 0 unspecified atom stereocenters. The van der Waals surface area contributed by atoms with Crippen molar-refractivity contribution < 1.29 is 24.6 Å². The zero-order valence-electron chi connectivity index (χ0n) is 18.6. The molecule has 6 heteroatoms. The monoisotopic (exact) mass is 463 g/mol. The highest BCUT2D eigenvalue weighted by Crippen LogP contribution is 2.43. The first kappa shape index (κ1) is 23.4. The minimum atomic E-state index is -1.04. The van der Waals surface area contributed by atoms with Crippen molar-refractivity contribution >= 4 is 29.9 Å². The Morgan fingerprint density at radius 1 is 0.743 bits per heavy atom. The summed E-state index contributed by atoms with van der Waals surface area (Å²) in [5.74, 6) is -2.27. The molecule has 35 heavy (non-hydrogen) atoms. The maximum Gasteiger partial charge on any atom is 0.335 e. The summed E-state index contributed by atoms with van der Waals surface area (Å²) in [5.41, 5.74) is 2.32. The molecule has 0 atom stereocenters. The maximum atomic E-state index is 13.5. The van der Waals surface area contributed by atoms with Crippen LogP contribution < -0.4 is 0 Å². The first-order chi connectivity index (χ1) is 16.8. The second-order valence-electron chi connectivity index (χ2n) is 8.44. The number of hydrogen-bond acceptors (Lipinski definition) is 4. The second kappa shape index (κ2) is 9.62. The first-order valence-corrected chi connectivity index (χ1v) is 10.9. The number of ketones is 1. The molecule has 4 rings (SSSR count). The maximum absolute atomic E-state index is 13.5. The lowest BCUT2D eigenvalue weighted by molar-refractivity contribution is -0.113. The van der Waals surface area contributed by atoms with E-state index in [1.54, 1.807) is 36.4 Å². The van der Waals surface area contributed by atoms with Crippen molar-refractivity contribution in [3.8, 4) is 6.07 Å². The summed E-state index contributed by atoms with van der Waals surface area (Å²) >= 11 is 0. The lowest BCUT2D eigenvalue weighted by atomic mass is 9.66. The number of benzene rings is 3. The van der Waals surface area contributed by atoms with Crippen LogP contribution in [0.15, 0.2) is 90.0 Å². The van der Waals surface area contributed by atoms with Gasteiger partial charge in [-0.15, -0.1) is 0 Å². The molecular formula is C29H21NO5. The number of carbonyl (C=O) groups is 3. The molecule has 0 radical (unpaired) electrons. The molecule has 1 fully saturated rings. The van der Waals surface area contributed by atoms with Gasteiger partial charge in [-0.1, -0.05) is 54.6 Å². The summed E-state index contributed by atoms with van der Waals surface area (Å²) in [6.45, 7) is 0. The van der Waals surface area contributed by atoms with Crippen LogP contribution in [0.25, 0.3) is 12.2 Å². The van der Waals surface area contributed by atoms with Crippen LogP contribution in [-0.4, -0.2) is 27.9 Å². The molecule has 3 aromatic carbocycles. The normalized spacial score (nSPS) is 19.9. The highest BCUT2D eigenvalue weighted by molar-refractivity contribution is 6.14. The predicted molar refractivity (Wildman–Crippen MR) is 131 cm³/mol.